The van der Waals surface area contributed by atoms with Crippen molar-refractivity contribution < 1.29 is 4.74 Å². The van der Waals surface area contributed by atoms with Crippen molar-refractivity contribution in [2.75, 3.05) is 6.54 Å². The minimum absolute atomic E-state index is 0.148. The predicted octanol–water partition coefficient (Wildman–Crippen LogP) is 2.00. The van der Waals surface area contributed by atoms with Gasteiger partial charge >= 0.3 is 0 Å². The summed E-state index contributed by atoms with van der Waals surface area (Å²) in [5.74, 6) is 2.01. The van der Waals surface area contributed by atoms with Gasteiger partial charge in [0.05, 0.1) is 12.4 Å². The van der Waals surface area contributed by atoms with Crippen molar-refractivity contribution in [1.82, 2.24) is 0 Å². The number of benzene rings is 1. The lowest BCUT2D eigenvalue weighted by atomic mass is 10.1. The summed E-state index contributed by atoms with van der Waals surface area (Å²) >= 11 is 0. The van der Waals surface area contributed by atoms with Gasteiger partial charge in [-0.25, -0.2) is 0 Å². The molecule has 0 saturated carbocycles. The number of ether oxygens (including phenoxy) is 1. The van der Waals surface area contributed by atoms with E-state index in [2.05, 4.69) is 11.1 Å². The number of amidine groups is 1. The van der Waals surface area contributed by atoms with Crippen LogP contribution >= 0.6 is 0 Å². The first-order valence-electron chi connectivity index (χ1n) is 5.71. The van der Waals surface area contributed by atoms with Crippen molar-refractivity contribution >= 4 is 5.84 Å². The SMILES string of the molecule is CC(C)C(N)=NCC1Cc2ccccc2O1. The van der Waals surface area contributed by atoms with Crippen molar-refractivity contribution in [2.24, 2.45) is 16.6 Å². The van der Waals surface area contributed by atoms with E-state index in [4.69, 9.17) is 10.5 Å². The van der Waals surface area contributed by atoms with Gasteiger partial charge in [-0.2, -0.15) is 0 Å². The molecule has 0 spiro atoms. The van der Waals surface area contributed by atoms with Gasteiger partial charge in [-0.3, -0.25) is 4.99 Å². The molecule has 2 rings (SSSR count). The second kappa shape index (κ2) is 4.56. The highest BCUT2D eigenvalue weighted by Gasteiger charge is 2.21. The van der Waals surface area contributed by atoms with Crippen molar-refractivity contribution in [3.05, 3.63) is 29.8 Å². The van der Waals surface area contributed by atoms with E-state index in [1.807, 2.05) is 32.0 Å². The van der Waals surface area contributed by atoms with Crippen LogP contribution in [-0.2, 0) is 6.42 Å². The molecule has 0 amide bonds. The minimum Gasteiger partial charge on any atom is -0.488 e. The lowest BCUT2D eigenvalue weighted by Gasteiger charge is -2.09. The quantitative estimate of drug-likeness (QED) is 0.623. The molecule has 3 nitrogen and oxygen atoms in total. The zero-order valence-corrected chi connectivity index (χ0v) is 9.81. The summed E-state index contributed by atoms with van der Waals surface area (Å²) < 4.78 is 5.77. The van der Waals surface area contributed by atoms with Gasteiger partial charge in [-0.05, 0) is 11.6 Å². The van der Waals surface area contributed by atoms with E-state index in [-0.39, 0.29) is 6.10 Å². The first-order valence-corrected chi connectivity index (χ1v) is 5.71. The predicted molar refractivity (Wildman–Crippen MR) is 65.9 cm³/mol. The van der Waals surface area contributed by atoms with Gasteiger partial charge in [0.2, 0.25) is 0 Å². The summed E-state index contributed by atoms with van der Waals surface area (Å²) in [4.78, 5) is 4.36. The molecule has 0 fully saturated rings. The first kappa shape index (κ1) is 11.0. The van der Waals surface area contributed by atoms with E-state index >= 15 is 0 Å². The molecule has 0 saturated heterocycles. The average Bonchev–Trinajstić information content (AvgIpc) is 2.68. The van der Waals surface area contributed by atoms with E-state index in [0.717, 1.165) is 12.2 Å². The molecule has 1 unspecified atom stereocenters. The number of fused-ring (bicyclic) bond motifs is 1. The molecule has 2 N–H and O–H groups in total. The average molecular weight is 218 g/mol. The highest BCUT2D eigenvalue weighted by atomic mass is 16.5. The van der Waals surface area contributed by atoms with Crippen LogP contribution in [0.15, 0.2) is 29.3 Å². The van der Waals surface area contributed by atoms with Gasteiger partial charge < -0.3 is 10.5 Å². The van der Waals surface area contributed by atoms with E-state index in [1.165, 1.54) is 5.56 Å². The Morgan fingerprint density at radius 2 is 2.25 bits per heavy atom. The standard InChI is InChI=1S/C13H18N2O/c1-9(2)13(14)15-8-11-7-10-5-3-4-6-12(10)16-11/h3-6,9,11H,7-8H2,1-2H3,(H2,14,15). The Kier molecular flexibility index (Phi) is 3.13. The highest BCUT2D eigenvalue weighted by Crippen LogP contribution is 2.28. The van der Waals surface area contributed by atoms with Crippen molar-refractivity contribution in [3.8, 4) is 5.75 Å². The summed E-state index contributed by atoms with van der Waals surface area (Å²) in [6.07, 6.45) is 1.08. The monoisotopic (exact) mass is 218 g/mol. The van der Waals surface area contributed by atoms with Gasteiger partial charge in [0, 0.05) is 12.3 Å². The molecule has 0 aliphatic carbocycles. The third-order valence-electron chi connectivity index (χ3n) is 2.78. The number of nitrogens with two attached hydrogens (primary N) is 1. The Morgan fingerprint density at radius 3 is 2.94 bits per heavy atom. The molecule has 0 aromatic heterocycles. The van der Waals surface area contributed by atoms with Crippen molar-refractivity contribution in [2.45, 2.75) is 26.4 Å². The molecule has 86 valence electrons. The zero-order chi connectivity index (χ0) is 11.5. The lowest BCUT2D eigenvalue weighted by molar-refractivity contribution is 0.241. The number of hydrogen-bond donors (Lipinski definition) is 1. The van der Waals surface area contributed by atoms with Crippen LogP contribution < -0.4 is 10.5 Å². The van der Waals surface area contributed by atoms with Gasteiger partial charge in [0.15, 0.2) is 0 Å². The molecule has 0 bridgehead atoms. The molecule has 1 aromatic carbocycles. The van der Waals surface area contributed by atoms with E-state index in [0.29, 0.717) is 18.3 Å². The van der Waals surface area contributed by atoms with Crippen molar-refractivity contribution in [3.63, 3.8) is 0 Å². The normalized spacial score (nSPS) is 19.7. The largest absolute Gasteiger partial charge is 0.488 e. The maximum absolute atomic E-state index is 5.79. The maximum Gasteiger partial charge on any atom is 0.123 e. The third-order valence-corrected chi connectivity index (χ3v) is 2.78. The summed E-state index contributed by atoms with van der Waals surface area (Å²) in [5, 5.41) is 0. The van der Waals surface area contributed by atoms with Crippen LogP contribution in [0.2, 0.25) is 0 Å². The summed E-state index contributed by atoms with van der Waals surface area (Å²) in [7, 11) is 0. The fourth-order valence-electron chi connectivity index (χ4n) is 1.75. The lowest BCUT2D eigenvalue weighted by Crippen LogP contribution is -2.23. The summed E-state index contributed by atoms with van der Waals surface area (Å²) in [5.41, 5.74) is 7.06. The number of para-hydroxylation sites is 1. The zero-order valence-electron chi connectivity index (χ0n) is 9.81. The van der Waals surface area contributed by atoms with E-state index < -0.39 is 0 Å². The Hall–Kier alpha value is -1.51. The smallest absolute Gasteiger partial charge is 0.123 e. The number of nitrogens with zero attached hydrogens (tertiary/aromatic N) is 1. The number of aliphatic imine (C=N–C) groups is 1. The first-order chi connectivity index (χ1) is 7.66. The van der Waals surface area contributed by atoms with Gasteiger partial charge in [-0.15, -0.1) is 0 Å². The molecular weight excluding hydrogens is 200 g/mol. The molecule has 3 heteroatoms. The van der Waals surface area contributed by atoms with E-state index in [1.54, 1.807) is 0 Å². The molecule has 16 heavy (non-hydrogen) atoms. The second-order valence-electron chi connectivity index (χ2n) is 4.47. The second-order valence-corrected chi connectivity index (χ2v) is 4.47. The molecule has 1 aliphatic rings. The van der Waals surface area contributed by atoms with E-state index in [9.17, 15) is 0 Å². The van der Waals surface area contributed by atoms with Crippen LogP contribution in [-0.4, -0.2) is 18.5 Å². The van der Waals surface area contributed by atoms with Gasteiger partial charge in [-0.1, -0.05) is 32.0 Å². The van der Waals surface area contributed by atoms with Crippen LogP contribution in [0.3, 0.4) is 0 Å². The van der Waals surface area contributed by atoms with Crippen LogP contribution in [0.4, 0.5) is 0 Å². The molecule has 1 atom stereocenters. The van der Waals surface area contributed by atoms with Crippen LogP contribution in [0.25, 0.3) is 0 Å². The Morgan fingerprint density at radius 1 is 1.50 bits per heavy atom. The molecule has 1 aromatic rings. The Labute approximate surface area is 96.3 Å². The van der Waals surface area contributed by atoms with Gasteiger partial charge in [0.25, 0.3) is 0 Å². The van der Waals surface area contributed by atoms with Crippen LogP contribution in [0.5, 0.6) is 5.75 Å². The highest BCUT2D eigenvalue weighted by molar-refractivity contribution is 5.82. The fourth-order valence-corrected chi connectivity index (χ4v) is 1.75. The van der Waals surface area contributed by atoms with Crippen LogP contribution in [0, 0.1) is 5.92 Å². The Balaban J connectivity index is 1.95. The molecule has 0 radical (unpaired) electrons. The summed E-state index contributed by atoms with van der Waals surface area (Å²) in [6, 6.07) is 8.14. The summed E-state index contributed by atoms with van der Waals surface area (Å²) in [6.45, 7) is 4.74. The maximum atomic E-state index is 5.79. The number of hydrogen-bond acceptors (Lipinski definition) is 2. The van der Waals surface area contributed by atoms with Crippen molar-refractivity contribution in [1.29, 1.82) is 0 Å². The van der Waals surface area contributed by atoms with Gasteiger partial charge in [0.1, 0.15) is 11.9 Å². The molecule has 1 heterocycles. The fraction of sp³-hybridized carbons (Fsp3) is 0.462. The number of rotatable bonds is 3. The third kappa shape index (κ3) is 2.35. The molecule has 1 aliphatic heterocycles. The Bertz CT molecular complexity index is 374. The minimum atomic E-state index is 0.148. The molecular formula is C13H18N2O. The van der Waals surface area contributed by atoms with Crippen LogP contribution in [0.1, 0.15) is 19.4 Å². The topological polar surface area (TPSA) is 47.6 Å².